The molecule has 7 nitrogen and oxygen atoms in total. The number of hydrogen-bond donors (Lipinski definition) is 4. The van der Waals surface area contributed by atoms with Crippen molar-refractivity contribution in [3.63, 3.8) is 0 Å². The second-order valence-corrected chi connectivity index (χ2v) is 5.99. The number of ether oxygens (including phenoxy) is 1. The van der Waals surface area contributed by atoms with Crippen LogP contribution in [0.25, 0.3) is 0 Å². The second kappa shape index (κ2) is 14.1. The van der Waals surface area contributed by atoms with Gasteiger partial charge in [-0.25, -0.2) is 4.79 Å². The molecule has 1 unspecified atom stereocenters. The lowest BCUT2D eigenvalue weighted by atomic mass is 10.1. The minimum atomic E-state index is -1.02. The third-order valence-electron chi connectivity index (χ3n) is 3.88. The number of carbonyl (C=O) groups is 2. The van der Waals surface area contributed by atoms with Crippen LogP contribution in [0, 0.1) is 0 Å². The lowest BCUT2D eigenvalue weighted by Crippen LogP contribution is -2.44. The molecule has 1 atom stereocenters. The maximum atomic E-state index is 12.4. The Bertz CT molecular complexity index is 511. The Labute approximate surface area is 155 Å². The maximum absolute atomic E-state index is 12.4. The number of amides is 2. The molecule has 0 aliphatic heterocycles. The van der Waals surface area contributed by atoms with Crippen molar-refractivity contribution >= 4 is 12.0 Å². The topological polar surface area (TPSA) is 99.7 Å². The Balaban J connectivity index is 2.40. The first-order chi connectivity index (χ1) is 12.6. The third kappa shape index (κ3) is 10.7. The summed E-state index contributed by atoms with van der Waals surface area (Å²) >= 11 is 0. The molecule has 0 aromatic heterocycles. The minimum absolute atomic E-state index is 0.0244. The van der Waals surface area contributed by atoms with Gasteiger partial charge in [-0.15, -0.1) is 0 Å². The fourth-order valence-electron chi connectivity index (χ4n) is 2.48. The lowest BCUT2D eigenvalue weighted by molar-refractivity contribution is -0.123. The van der Waals surface area contributed by atoms with Crippen molar-refractivity contribution in [3.05, 3.63) is 35.9 Å². The fraction of sp³-hybridized carbons (Fsp3) is 0.579. The van der Waals surface area contributed by atoms with Gasteiger partial charge < -0.3 is 25.8 Å². The molecule has 146 valence electrons. The van der Waals surface area contributed by atoms with E-state index in [-0.39, 0.29) is 11.9 Å². The number of rotatable bonds is 14. The van der Waals surface area contributed by atoms with Gasteiger partial charge in [-0.2, -0.15) is 0 Å². The molecule has 2 amide bonds. The molecule has 0 saturated carbocycles. The van der Waals surface area contributed by atoms with Crippen LogP contribution in [0.1, 0.15) is 38.2 Å². The largest absolute Gasteiger partial charge is 0.465 e. The zero-order valence-electron chi connectivity index (χ0n) is 15.5. The molecule has 0 fully saturated rings. The van der Waals surface area contributed by atoms with E-state index in [0.717, 1.165) is 18.4 Å². The normalized spacial score (nSPS) is 11.7. The highest BCUT2D eigenvalue weighted by Gasteiger charge is 2.17. The average Bonchev–Trinajstić information content (AvgIpc) is 2.64. The molecule has 7 heteroatoms. The van der Waals surface area contributed by atoms with Gasteiger partial charge in [-0.1, -0.05) is 30.3 Å². The van der Waals surface area contributed by atoms with Gasteiger partial charge in [-0.3, -0.25) is 4.79 Å². The third-order valence-corrected chi connectivity index (χ3v) is 3.88. The molecular formula is C19H31N3O4. The van der Waals surface area contributed by atoms with E-state index >= 15 is 0 Å². The first-order valence-corrected chi connectivity index (χ1v) is 9.23. The van der Waals surface area contributed by atoms with Crippen LogP contribution in [0.3, 0.4) is 0 Å². The molecule has 4 N–H and O–H groups in total. The van der Waals surface area contributed by atoms with Crippen molar-refractivity contribution in [2.24, 2.45) is 0 Å². The van der Waals surface area contributed by atoms with Gasteiger partial charge in [-0.05, 0) is 38.2 Å². The molecule has 0 bridgehead atoms. The van der Waals surface area contributed by atoms with Crippen LogP contribution < -0.4 is 16.0 Å². The van der Waals surface area contributed by atoms with E-state index < -0.39 is 6.09 Å². The predicted octanol–water partition coefficient (Wildman–Crippen LogP) is 2.13. The summed E-state index contributed by atoms with van der Waals surface area (Å²) in [5.41, 5.74) is 1.12. The van der Waals surface area contributed by atoms with Crippen LogP contribution in [0.4, 0.5) is 4.79 Å². The smallest absolute Gasteiger partial charge is 0.404 e. The Morgan fingerprint density at radius 1 is 1.08 bits per heavy atom. The molecule has 1 aromatic carbocycles. The van der Waals surface area contributed by atoms with Crippen molar-refractivity contribution in [2.75, 3.05) is 26.3 Å². The summed E-state index contributed by atoms with van der Waals surface area (Å²) in [6, 6.07) is 9.63. The Kier molecular flexibility index (Phi) is 11.9. The van der Waals surface area contributed by atoms with E-state index in [2.05, 4.69) is 16.0 Å². The summed E-state index contributed by atoms with van der Waals surface area (Å²) in [5.74, 6) is -0.0244. The average molecular weight is 365 g/mol. The SMILES string of the molecule is CCOCCCNC(=O)C(CCCCNC(=O)O)NCc1ccccc1. The van der Waals surface area contributed by atoms with Gasteiger partial charge in [0.15, 0.2) is 0 Å². The number of carboxylic acid groups (broad SMARTS) is 1. The predicted molar refractivity (Wildman–Crippen MR) is 101 cm³/mol. The number of benzene rings is 1. The standard InChI is InChI=1S/C19H31N3O4/c1-2-26-14-8-13-20-18(23)17(11-6-7-12-21-19(24)25)22-15-16-9-4-3-5-10-16/h3-5,9-10,17,21-22H,2,6-8,11-15H2,1H3,(H,20,23)(H,24,25). The van der Waals surface area contributed by atoms with Gasteiger partial charge in [0.2, 0.25) is 5.91 Å². The van der Waals surface area contributed by atoms with Crippen molar-refractivity contribution < 1.29 is 19.4 Å². The second-order valence-electron chi connectivity index (χ2n) is 5.99. The van der Waals surface area contributed by atoms with Crippen molar-refractivity contribution in [3.8, 4) is 0 Å². The summed E-state index contributed by atoms with van der Waals surface area (Å²) in [7, 11) is 0. The van der Waals surface area contributed by atoms with Gasteiger partial charge in [0.25, 0.3) is 0 Å². The van der Waals surface area contributed by atoms with Crippen LogP contribution in [0.15, 0.2) is 30.3 Å². The summed E-state index contributed by atoms with van der Waals surface area (Å²) in [6.07, 6.45) is 1.89. The summed E-state index contributed by atoms with van der Waals surface area (Å²) in [4.78, 5) is 22.9. The highest BCUT2D eigenvalue weighted by molar-refractivity contribution is 5.81. The lowest BCUT2D eigenvalue weighted by Gasteiger charge is -2.19. The van der Waals surface area contributed by atoms with E-state index in [1.165, 1.54) is 0 Å². The molecule has 0 heterocycles. The number of carbonyl (C=O) groups excluding carboxylic acids is 1. The Morgan fingerprint density at radius 2 is 1.81 bits per heavy atom. The first-order valence-electron chi connectivity index (χ1n) is 9.23. The van der Waals surface area contributed by atoms with E-state index in [0.29, 0.717) is 45.7 Å². The van der Waals surface area contributed by atoms with Crippen LogP contribution in [-0.2, 0) is 16.1 Å². The quantitative estimate of drug-likeness (QED) is 0.379. The fourth-order valence-corrected chi connectivity index (χ4v) is 2.48. The van der Waals surface area contributed by atoms with E-state index in [1.54, 1.807) is 0 Å². The highest BCUT2D eigenvalue weighted by Crippen LogP contribution is 2.04. The number of unbranched alkanes of at least 4 members (excludes halogenated alkanes) is 1. The van der Waals surface area contributed by atoms with Gasteiger partial charge >= 0.3 is 6.09 Å². The van der Waals surface area contributed by atoms with Crippen LogP contribution in [0.5, 0.6) is 0 Å². The molecule has 0 saturated heterocycles. The molecule has 1 aromatic rings. The molecule has 26 heavy (non-hydrogen) atoms. The first kappa shape index (κ1) is 21.9. The zero-order valence-corrected chi connectivity index (χ0v) is 15.5. The number of hydrogen-bond acceptors (Lipinski definition) is 4. The highest BCUT2D eigenvalue weighted by atomic mass is 16.5. The van der Waals surface area contributed by atoms with Crippen LogP contribution in [-0.4, -0.2) is 49.5 Å². The molecule has 0 aliphatic carbocycles. The Hall–Kier alpha value is -2.12. The van der Waals surface area contributed by atoms with Crippen LogP contribution >= 0.6 is 0 Å². The molecule has 0 aliphatic rings. The zero-order chi connectivity index (χ0) is 19.0. The summed E-state index contributed by atoms with van der Waals surface area (Å²) in [6.45, 7) is 4.87. The van der Waals surface area contributed by atoms with Crippen molar-refractivity contribution in [2.45, 2.75) is 45.2 Å². The monoisotopic (exact) mass is 365 g/mol. The molecule has 0 spiro atoms. The minimum Gasteiger partial charge on any atom is -0.465 e. The number of nitrogens with one attached hydrogen (secondary N) is 3. The maximum Gasteiger partial charge on any atom is 0.404 e. The van der Waals surface area contributed by atoms with E-state index in [1.807, 2.05) is 37.3 Å². The molecule has 0 radical (unpaired) electrons. The van der Waals surface area contributed by atoms with Gasteiger partial charge in [0, 0.05) is 32.8 Å². The molecular weight excluding hydrogens is 334 g/mol. The Morgan fingerprint density at radius 3 is 2.50 bits per heavy atom. The summed E-state index contributed by atoms with van der Waals surface area (Å²) in [5, 5.41) is 17.2. The van der Waals surface area contributed by atoms with E-state index in [4.69, 9.17) is 9.84 Å². The molecule has 1 rings (SSSR count). The van der Waals surface area contributed by atoms with Crippen molar-refractivity contribution in [1.82, 2.24) is 16.0 Å². The van der Waals surface area contributed by atoms with E-state index in [9.17, 15) is 9.59 Å². The van der Waals surface area contributed by atoms with Gasteiger partial charge in [0.1, 0.15) is 0 Å². The van der Waals surface area contributed by atoms with Gasteiger partial charge in [0.05, 0.1) is 6.04 Å². The van der Waals surface area contributed by atoms with Crippen LogP contribution in [0.2, 0.25) is 0 Å². The van der Waals surface area contributed by atoms with Crippen molar-refractivity contribution in [1.29, 1.82) is 0 Å². The summed E-state index contributed by atoms with van der Waals surface area (Å²) < 4.78 is 5.27.